The third-order valence-electron chi connectivity index (χ3n) is 2.48. The second-order valence-corrected chi connectivity index (χ2v) is 5.53. The summed E-state index contributed by atoms with van der Waals surface area (Å²) in [5.41, 5.74) is 1.19. The molecule has 1 aromatic rings. The van der Waals surface area contributed by atoms with E-state index in [9.17, 15) is 4.79 Å². The Labute approximate surface area is 110 Å². The highest BCUT2D eigenvalue weighted by Crippen LogP contribution is 1.99. The summed E-state index contributed by atoms with van der Waals surface area (Å²) in [5, 5.41) is 6.24. The van der Waals surface area contributed by atoms with Gasteiger partial charge < -0.3 is 10.6 Å². The van der Waals surface area contributed by atoms with Gasteiger partial charge in [0.15, 0.2) is 0 Å². The molecular formula is C15H24N2O. The first-order valence-electron chi connectivity index (χ1n) is 6.53. The van der Waals surface area contributed by atoms with Crippen LogP contribution >= 0.6 is 0 Å². The van der Waals surface area contributed by atoms with Gasteiger partial charge in [-0.3, -0.25) is 4.79 Å². The number of rotatable bonds is 6. The lowest BCUT2D eigenvalue weighted by Gasteiger charge is -2.20. The lowest BCUT2D eigenvalue weighted by molar-refractivity contribution is -0.122. The minimum Gasteiger partial charge on any atom is -0.351 e. The van der Waals surface area contributed by atoms with Crippen LogP contribution in [0.25, 0.3) is 0 Å². The quantitative estimate of drug-likeness (QED) is 0.757. The van der Waals surface area contributed by atoms with Crippen LogP contribution in [0.15, 0.2) is 30.3 Å². The van der Waals surface area contributed by atoms with E-state index in [-0.39, 0.29) is 11.4 Å². The smallest absolute Gasteiger partial charge is 0.221 e. The molecule has 0 radical (unpaired) electrons. The number of hydrogen-bond acceptors (Lipinski definition) is 2. The monoisotopic (exact) mass is 248 g/mol. The summed E-state index contributed by atoms with van der Waals surface area (Å²) in [5.74, 6) is 0.106. The molecule has 1 amide bonds. The molecular weight excluding hydrogens is 224 g/mol. The summed E-state index contributed by atoms with van der Waals surface area (Å²) in [7, 11) is 0. The van der Waals surface area contributed by atoms with Crippen molar-refractivity contribution >= 4 is 5.91 Å². The van der Waals surface area contributed by atoms with E-state index in [1.165, 1.54) is 5.56 Å². The number of carbonyl (C=O) groups is 1. The standard InChI is InChI=1S/C15H24N2O/c1-15(2,3)17-14(18)10-12-16-11-9-13-7-5-4-6-8-13/h4-8,16H,9-12H2,1-3H3,(H,17,18). The molecule has 0 saturated heterocycles. The average Bonchev–Trinajstić information content (AvgIpc) is 2.27. The van der Waals surface area contributed by atoms with Crippen LogP contribution in [-0.2, 0) is 11.2 Å². The van der Waals surface area contributed by atoms with Crippen LogP contribution in [0.5, 0.6) is 0 Å². The van der Waals surface area contributed by atoms with Gasteiger partial charge in [0.1, 0.15) is 0 Å². The molecule has 0 bridgehead atoms. The van der Waals surface area contributed by atoms with Gasteiger partial charge in [-0.25, -0.2) is 0 Å². The molecule has 3 heteroatoms. The number of hydrogen-bond donors (Lipinski definition) is 2. The van der Waals surface area contributed by atoms with E-state index in [1.54, 1.807) is 0 Å². The van der Waals surface area contributed by atoms with Crippen LogP contribution in [0.2, 0.25) is 0 Å². The van der Waals surface area contributed by atoms with Gasteiger partial charge in [-0.15, -0.1) is 0 Å². The Morgan fingerprint density at radius 2 is 1.78 bits per heavy atom. The molecule has 0 heterocycles. The summed E-state index contributed by atoms with van der Waals surface area (Å²) >= 11 is 0. The first-order chi connectivity index (χ1) is 8.47. The topological polar surface area (TPSA) is 41.1 Å². The SMILES string of the molecule is CC(C)(C)NC(=O)CCNCCc1ccccc1. The van der Waals surface area contributed by atoms with Crippen molar-refractivity contribution in [1.82, 2.24) is 10.6 Å². The maximum absolute atomic E-state index is 11.5. The Bertz CT molecular complexity index is 355. The van der Waals surface area contributed by atoms with Crippen LogP contribution < -0.4 is 10.6 Å². The third kappa shape index (κ3) is 7.07. The normalized spacial score (nSPS) is 11.3. The van der Waals surface area contributed by atoms with Crippen LogP contribution in [0, 0.1) is 0 Å². The van der Waals surface area contributed by atoms with Crippen molar-refractivity contribution in [2.24, 2.45) is 0 Å². The Balaban J connectivity index is 2.07. The van der Waals surface area contributed by atoms with Gasteiger partial charge in [-0.05, 0) is 39.3 Å². The fraction of sp³-hybridized carbons (Fsp3) is 0.533. The van der Waals surface area contributed by atoms with Crippen molar-refractivity contribution in [1.29, 1.82) is 0 Å². The fourth-order valence-electron chi connectivity index (χ4n) is 1.69. The van der Waals surface area contributed by atoms with E-state index in [4.69, 9.17) is 0 Å². The summed E-state index contributed by atoms with van der Waals surface area (Å²) in [6.45, 7) is 7.62. The van der Waals surface area contributed by atoms with E-state index in [0.717, 1.165) is 19.5 Å². The highest BCUT2D eigenvalue weighted by atomic mass is 16.1. The molecule has 1 rings (SSSR count). The molecule has 3 nitrogen and oxygen atoms in total. The van der Waals surface area contributed by atoms with Crippen LogP contribution in [0.1, 0.15) is 32.8 Å². The molecule has 0 saturated carbocycles. The third-order valence-corrected chi connectivity index (χ3v) is 2.48. The Morgan fingerprint density at radius 1 is 1.11 bits per heavy atom. The first kappa shape index (κ1) is 14.7. The highest BCUT2D eigenvalue weighted by molar-refractivity contribution is 5.76. The zero-order valence-electron chi connectivity index (χ0n) is 11.6. The Morgan fingerprint density at radius 3 is 2.39 bits per heavy atom. The van der Waals surface area contributed by atoms with Crippen molar-refractivity contribution in [2.45, 2.75) is 39.2 Å². The van der Waals surface area contributed by atoms with E-state index in [0.29, 0.717) is 6.42 Å². The minimum absolute atomic E-state index is 0.106. The molecule has 2 N–H and O–H groups in total. The van der Waals surface area contributed by atoms with Gasteiger partial charge in [0.05, 0.1) is 0 Å². The van der Waals surface area contributed by atoms with Crippen molar-refractivity contribution in [3.8, 4) is 0 Å². The van der Waals surface area contributed by atoms with Gasteiger partial charge in [0, 0.05) is 18.5 Å². The highest BCUT2D eigenvalue weighted by Gasteiger charge is 2.12. The van der Waals surface area contributed by atoms with E-state index in [1.807, 2.05) is 39.0 Å². The van der Waals surface area contributed by atoms with Gasteiger partial charge in [0.2, 0.25) is 5.91 Å². The molecule has 1 aromatic carbocycles. The molecule has 0 aromatic heterocycles. The van der Waals surface area contributed by atoms with Crippen LogP contribution in [0.3, 0.4) is 0 Å². The number of nitrogens with one attached hydrogen (secondary N) is 2. The lowest BCUT2D eigenvalue weighted by atomic mass is 10.1. The molecule has 0 fully saturated rings. The van der Waals surface area contributed by atoms with Gasteiger partial charge >= 0.3 is 0 Å². The summed E-state index contributed by atoms with van der Waals surface area (Å²) in [6.07, 6.45) is 1.54. The van der Waals surface area contributed by atoms with Crippen molar-refractivity contribution in [2.75, 3.05) is 13.1 Å². The number of benzene rings is 1. The number of amides is 1. The maximum atomic E-state index is 11.5. The molecule has 0 aliphatic carbocycles. The van der Waals surface area contributed by atoms with Crippen molar-refractivity contribution < 1.29 is 4.79 Å². The minimum atomic E-state index is -0.138. The molecule has 0 spiro atoms. The number of carbonyl (C=O) groups excluding carboxylic acids is 1. The fourth-order valence-corrected chi connectivity index (χ4v) is 1.69. The second kappa shape index (κ2) is 7.17. The van der Waals surface area contributed by atoms with Gasteiger partial charge in [0.25, 0.3) is 0 Å². The second-order valence-electron chi connectivity index (χ2n) is 5.53. The summed E-state index contributed by atoms with van der Waals surface area (Å²) in [4.78, 5) is 11.5. The maximum Gasteiger partial charge on any atom is 0.221 e. The van der Waals surface area contributed by atoms with E-state index >= 15 is 0 Å². The summed E-state index contributed by atoms with van der Waals surface area (Å²) < 4.78 is 0. The van der Waals surface area contributed by atoms with Gasteiger partial charge in [-0.1, -0.05) is 30.3 Å². The molecule has 18 heavy (non-hydrogen) atoms. The largest absolute Gasteiger partial charge is 0.351 e. The molecule has 100 valence electrons. The Kier molecular flexibility index (Phi) is 5.86. The van der Waals surface area contributed by atoms with Crippen LogP contribution in [0.4, 0.5) is 0 Å². The summed E-state index contributed by atoms with van der Waals surface area (Å²) in [6, 6.07) is 10.4. The first-order valence-corrected chi connectivity index (χ1v) is 6.53. The molecule has 0 atom stereocenters. The van der Waals surface area contributed by atoms with Crippen molar-refractivity contribution in [3.63, 3.8) is 0 Å². The molecule has 0 unspecified atom stereocenters. The lowest BCUT2D eigenvalue weighted by Crippen LogP contribution is -2.41. The van der Waals surface area contributed by atoms with E-state index < -0.39 is 0 Å². The Hall–Kier alpha value is -1.35. The molecule has 0 aliphatic heterocycles. The van der Waals surface area contributed by atoms with E-state index in [2.05, 4.69) is 22.8 Å². The van der Waals surface area contributed by atoms with Crippen molar-refractivity contribution in [3.05, 3.63) is 35.9 Å². The van der Waals surface area contributed by atoms with Crippen LogP contribution in [-0.4, -0.2) is 24.5 Å². The zero-order valence-corrected chi connectivity index (χ0v) is 11.6. The average molecular weight is 248 g/mol. The zero-order chi connectivity index (χ0) is 13.4. The predicted octanol–water partition coefficient (Wildman–Crippen LogP) is 2.12. The van der Waals surface area contributed by atoms with Gasteiger partial charge in [-0.2, -0.15) is 0 Å². The molecule has 0 aliphatic rings. The predicted molar refractivity (Wildman–Crippen MR) is 75.5 cm³/mol.